The van der Waals surface area contributed by atoms with Crippen molar-refractivity contribution in [1.29, 1.82) is 0 Å². The molecule has 1 saturated heterocycles. The average Bonchev–Trinajstić information content (AvgIpc) is 2.92. The fourth-order valence-corrected chi connectivity index (χ4v) is 3.41. The van der Waals surface area contributed by atoms with Gasteiger partial charge in [0.15, 0.2) is 0 Å². The molecular weight excluding hydrogens is 360 g/mol. The van der Waals surface area contributed by atoms with Crippen molar-refractivity contribution in [3.63, 3.8) is 0 Å². The van der Waals surface area contributed by atoms with Gasteiger partial charge in [0.25, 0.3) is 5.91 Å². The summed E-state index contributed by atoms with van der Waals surface area (Å²) in [6.07, 6.45) is 1.11. The number of likely N-dealkylation sites (N-methyl/N-ethyl adjacent to an activating group) is 2. The summed E-state index contributed by atoms with van der Waals surface area (Å²) in [7, 11) is 0. The van der Waals surface area contributed by atoms with Gasteiger partial charge in [-0.3, -0.25) is 19.3 Å². The van der Waals surface area contributed by atoms with Gasteiger partial charge in [-0.15, -0.1) is 0 Å². The van der Waals surface area contributed by atoms with E-state index < -0.39 is 29.9 Å². The van der Waals surface area contributed by atoms with Gasteiger partial charge in [0, 0.05) is 13.1 Å². The lowest BCUT2D eigenvalue weighted by molar-refractivity contribution is -0.140. The molecule has 1 aliphatic rings. The van der Waals surface area contributed by atoms with Crippen LogP contribution < -0.4 is 10.6 Å². The number of carbonyl (C=O) groups is 4. The predicted octanol–water partition coefficient (Wildman–Crippen LogP) is 1.22. The minimum Gasteiger partial charge on any atom is -0.355 e. The standard InChI is InChI=1S/C20H28N4O4/c1-4-12-20(15-10-8-7-9-11-15)18(27)24(19(28)22-20)14-17(26)23(6-3)13-16(25)21-5-2/h7-11H,4-6,12-14H2,1-3H3,(H,21,25)(H,22,28)/t20-/m0/s1. The van der Waals surface area contributed by atoms with Gasteiger partial charge in [-0.05, 0) is 25.8 Å². The molecule has 0 radical (unpaired) electrons. The van der Waals surface area contributed by atoms with Crippen LogP contribution in [0.4, 0.5) is 4.79 Å². The van der Waals surface area contributed by atoms with Crippen LogP contribution in [0.5, 0.6) is 0 Å². The number of benzene rings is 1. The first kappa shape index (κ1) is 21.4. The summed E-state index contributed by atoms with van der Waals surface area (Å²) >= 11 is 0. The van der Waals surface area contributed by atoms with Crippen LogP contribution in [0.3, 0.4) is 0 Å². The van der Waals surface area contributed by atoms with E-state index in [0.717, 1.165) is 4.90 Å². The SMILES string of the molecule is CCC[C@@]1(c2ccccc2)NC(=O)N(CC(=O)N(CC)CC(=O)NCC)C1=O. The van der Waals surface area contributed by atoms with Crippen molar-refractivity contribution in [3.05, 3.63) is 35.9 Å². The molecule has 0 aromatic heterocycles. The lowest BCUT2D eigenvalue weighted by Crippen LogP contribution is -2.47. The molecule has 8 heteroatoms. The van der Waals surface area contributed by atoms with Crippen molar-refractivity contribution in [2.24, 2.45) is 0 Å². The van der Waals surface area contributed by atoms with E-state index >= 15 is 0 Å². The summed E-state index contributed by atoms with van der Waals surface area (Å²) in [5, 5.41) is 5.43. The molecule has 2 N–H and O–H groups in total. The molecule has 0 unspecified atom stereocenters. The molecular formula is C20H28N4O4. The summed E-state index contributed by atoms with van der Waals surface area (Å²) in [5.74, 6) is -1.16. The van der Waals surface area contributed by atoms with E-state index in [1.807, 2.05) is 25.1 Å². The fourth-order valence-electron chi connectivity index (χ4n) is 3.41. The summed E-state index contributed by atoms with van der Waals surface area (Å²) in [4.78, 5) is 52.5. The van der Waals surface area contributed by atoms with Crippen LogP contribution in [0.2, 0.25) is 0 Å². The maximum absolute atomic E-state index is 13.2. The molecule has 1 aliphatic heterocycles. The zero-order chi connectivity index (χ0) is 20.7. The summed E-state index contributed by atoms with van der Waals surface area (Å²) < 4.78 is 0. The van der Waals surface area contributed by atoms with Crippen molar-refractivity contribution in [2.75, 3.05) is 26.2 Å². The second-order valence-corrected chi connectivity index (χ2v) is 6.70. The number of carbonyl (C=O) groups excluding carboxylic acids is 4. The first-order chi connectivity index (χ1) is 13.4. The lowest BCUT2D eigenvalue weighted by Gasteiger charge is -2.27. The summed E-state index contributed by atoms with van der Waals surface area (Å²) in [6.45, 7) is 5.74. The Bertz CT molecular complexity index is 737. The quantitative estimate of drug-likeness (QED) is 0.622. The van der Waals surface area contributed by atoms with Crippen LogP contribution in [0.25, 0.3) is 0 Å². The number of amides is 5. The molecule has 1 aromatic rings. The maximum atomic E-state index is 13.2. The number of hydrogen-bond donors (Lipinski definition) is 2. The van der Waals surface area contributed by atoms with Gasteiger partial charge in [0.2, 0.25) is 11.8 Å². The van der Waals surface area contributed by atoms with E-state index in [4.69, 9.17) is 0 Å². The number of imide groups is 1. The maximum Gasteiger partial charge on any atom is 0.325 e. The average molecular weight is 388 g/mol. The van der Waals surface area contributed by atoms with Crippen LogP contribution in [0.1, 0.15) is 39.2 Å². The minimum absolute atomic E-state index is 0.106. The highest BCUT2D eigenvalue weighted by molar-refractivity contribution is 6.09. The van der Waals surface area contributed by atoms with Gasteiger partial charge >= 0.3 is 6.03 Å². The van der Waals surface area contributed by atoms with Crippen molar-refractivity contribution in [3.8, 4) is 0 Å². The molecule has 1 aromatic carbocycles. The highest BCUT2D eigenvalue weighted by atomic mass is 16.2. The van der Waals surface area contributed by atoms with E-state index in [2.05, 4.69) is 10.6 Å². The molecule has 0 saturated carbocycles. The van der Waals surface area contributed by atoms with Crippen LogP contribution in [0, 0.1) is 0 Å². The zero-order valence-corrected chi connectivity index (χ0v) is 16.7. The van der Waals surface area contributed by atoms with Crippen molar-refractivity contribution >= 4 is 23.8 Å². The fraction of sp³-hybridized carbons (Fsp3) is 0.500. The van der Waals surface area contributed by atoms with Crippen molar-refractivity contribution < 1.29 is 19.2 Å². The molecule has 2 rings (SSSR count). The third kappa shape index (κ3) is 4.32. The van der Waals surface area contributed by atoms with Gasteiger partial charge in [-0.2, -0.15) is 0 Å². The van der Waals surface area contributed by atoms with E-state index in [9.17, 15) is 19.2 Å². The monoisotopic (exact) mass is 388 g/mol. The van der Waals surface area contributed by atoms with Crippen molar-refractivity contribution in [1.82, 2.24) is 20.4 Å². The van der Waals surface area contributed by atoms with Gasteiger partial charge in [-0.25, -0.2) is 4.79 Å². The molecule has 0 aliphatic carbocycles. The Balaban J connectivity index is 2.20. The molecule has 28 heavy (non-hydrogen) atoms. The summed E-state index contributed by atoms with van der Waals surface area (Å²) in [6, 6.07) is 8.46. The molecule has 1 heterocycles. The van der Waals surface area contributed by atoms with Crippen LogP contribution in [-0.4, -0.2) is 59.7 Å². The molecule has 1 fully saturated rings. The number of hydrogen-bond acceptors (Lipinski definition) is 4. The van der Waals surface area contributed by atoms with E-state index in [1.54, 1.807) is 26.0 Å². The number of nitrogens with one attached hydrogen (secondary N) is 2. The van der Waals surface area contributed by atoms with Crippen LogP contribution >= 0.6 is 0 Å². The molecule has 0 spiro atoms. The van der Waals surface area contributed by atoms with Crippen LogP contribution in [0.15, 0.2) is 30.3 Å². The smallest absolute Gasteiger partial charge is 0.325 e. The van der Waals surface area contributed by atoms with Gasteiger partial charge in [-0.1, -0.05) is 43.7 Å². The first-order valence-electron chi connectivity index (χ1n) is 9.63. The largest absolute Gasteiger partial charge is 0.355 e. The second kappa shape index (κ2) is 9.34. The van der Waals surface area contributed by atoms with Crippen molar-refractivity contribution in [2.45, 2.75) is 39.2 Å². The van der Waals surface area contributed by atoms with Gasteiger partial charge in [0.05, 0.1) is 6.54 Å². The van der Waals surface area contributed by atoms with E-state index in [1.165, 1.54) is 4.90 Å². The third-order valence-electron chi connectivity index (χ3n) is 4.80. The Labute approximate surface area is 165 Å². The topological polar surface area (TPSA) is 98.8 Å². The third-order valence-corrected chi connectivity index (χ3v) is 4.80. The minimum atomic E-state index is -1.16. The van der Waals surface area contributed by atoms with Gasteiger partial charge < -0.3 is 15.5 Å². The predicted molar refractivity (Wildman–Crippen MR) is 104 cm³/mol. The lowest BCUT2D eigenvalue weighted by atomic mass is 9.85. The van der Waals surface area contributed by atoms with Crippen LogP contribution in [-0.2, 0) is 19.9 Å². The zero-order valence-electron chi connectivity index (χ0n) is 16.7. The Morgan fingerprint density at radius 1 is 1.14 bits per heavy atom. The molecule has 0 bridgehead atoms. The number of urea groups is 1. The highest BCUT2D eigenvalue weighted by Crippen LogP contribution is 2.33. The Morgan fingerprint density at radius 2 is 1.82 bits per heavy atom. The Morgan fingerprint density at radius 3 is 2.39 bits per heavy atom. The number of rotatable bonds is 9. The molecule has 8 nitrogen and oxygen atoms in total. The Kier molecular flexibility index (Phi) is 7.14. The first-order valence-corrected chi connectivity index (χ1v) is 9.63. The Hall–Kier alpha value is -2.90. The molecule has 5 amide bonds. The second-order valence-electron chi connectivity index (χ2n) is 6.70. The normalized spacial score (nSPS) is 18.8. The molecule has 1 atom stereocenters. The van der Waals surface area contributed by atoms with Gasteiger partial charge in [0.1, 0.15) is 12.1 Å². The van der Waals surface area contributed by atoms with E-state index in [-0.39, 0.29) is 12.5 Å². The number of nitrogens with zero attached hydrogens (tertiary/aromatic N) is 2. The highest BCUT2D eigenvalue weighted by Gasteiger charge is 2.52. The van der Waals surface area contributed by atoms with E-state index in [0.29, 0.717) is 31.5 Å². The summed E-state index contributed by atoms with van der Waals surface area (Å²) in [5.41, 5.74) is -0.468. The molecule has 152 valence electrons.